The van der Waals surface area contributed by atoms with E-state index in [4.69, 9.17) is 15.0 Å². The van der Waals surface area contributed by atoms with Crippen LogP contribution in [0.15, 0.2) is 66.7 Å². The van der Waals surface area contributed by atoms with Gasteiger partial charge in [-0.3, -0.25) is 0 Å². The first-order valence-corrected chi connectivity index (χ1v) is 9.56. The molecule has 0 radical (unpaired) electrons. The van der Waals surface area contributed by atoms with E-state index < -0.39 is 0 Å². The smallest absolute Gasteiger partial charge is 0.138 e. The molecule has 0 saturated heterocycles. The van der Waals surface area contributed by atoms with Crippen molar-refractivity contribution in [3.05, 3.63) is 83.4 Å². The highest BCUT2D eigenvalue weighted by Gasteiger charge is 2.06. The molecule has 4 nitrogen and oxygen atoms in total. The maximum Gasteiger partial charge on any atom is 0.138 e. The number of nitriles is 1. The zero-order valence-corrected chi connectivity index (χ0v) is 16.4. The molecule has 0 aliphatic carbocycles. The highest BCUT2D eigenvalue weighted by molar-refractivity contribution is 5.83. The standard InChI is InChI=1S/C25H21N3O/c1-17(2)29-22-12-10-21(11-13-22)25-27-23-14-9-19(15-24(23)28-25)6-3-18-4-7-20(16-26)8-5-18/h3-15,17H,1-2H3,(H,27,28)/b6-3-. The lowest BCUT2D eigenvalue weighted by molar-refractivity contribution is 0.242. The summed E-state index contributed by atoms with van der Waals surface area (Å²) in [5, 5.41) is 8.89. The molecule has 0 bridgehead atoms. The van der Waals surface area contributed by atoms with Crippen molar-refractivity contribution in [3.8, 4) is 23.2 Å². The van der Waals surface area contributed by atoms with Gasteiger partial charge in [-0.2, -0.15) is 5.26 Å². The molecule has 142 valence electrons. The number of imidazole rings is 1. The minimum absolute atomic E-state index is 0.155. The summed E-state index contributed by atoms with van der Waals surface area (Å²) in [6.45, 7) is 4.03. The molecule has 3 aromatic carbocycles. The van der Waals surface area contributed by atoms with Crippen molar-refractivity contribution in [2.24, 2.45) is 0 Å². The molecule has 1 heterocycles. The molecule has 4 rings (SSSR count). The van der Waals surface area contributed by atoms with Gasteiger partial charge in [0.05, 0.1) is 28.8 Å². The predicted octanol–water partition coefficient (Wildman–Crippen LogP) is 6.06. The van der Waals surface area contributed by atoms with Crippen molar-refractivity contribution in [1.82, 2.24) is 9.97 Å². The van der Waals surface area contributed by atoms with Crippen LogP contribution < -0.4 is 4.74 Å². The zero-order chi connectivity index (χ0) is 20.2. The number of nitrogens with zero attached hydrogens (tertiary/aromatic N) is 2. The summed E-state index contributed by atoms with van der Waals surface area (Å²) in [5.41, 5.74) is 5.72. The van der Waals surface area contributed by atoms with Gasteiger partial charge in [-0.25, -0.2) is 4.98 Å². The molecule has 0 aliphatic rings. The van der Waals surface area contributed by atoms with Gasteiger partial charge in [0.2, 0.25) is 0 Å². The number of aromatic nitrogens is 2. The van der Waals surface area contributed by atoms with Crippen LogP contribution in [0.2, 0.25) is 0 Å². The summed E-state index contributed by atoms with van der Waals surface area (Å²) in [6, 6.07) is 23.8. The van der Waals surface area contributed by atoms with Crippen LogP contribution in [0, 0.1) is 11.3 Å². The van der Waals surface area contributed by atoms with Crippen LogP contribution in [0.3, 0.4) is 0 Å². The molecule has 0 spiro atoms. The number of fused-ring (bicyclic) bond motifs is 1. The second-order valence-corrected chi connectivity index (χ2v) is 7.12. The Morgan fingerprint density at radius 2 is 1.62 bits per heavy atom. The van der Waals surface area contributed by atoms with Crippen LogP contribution >= 0.6 is 0 Å². The summed E-state index contributed by atoms with van der Waals surface area (Å²) in [6.07, 6.45) is 4.24. The molecule has 0 fully saturated rings. The van der Waals surface area contributed by atoms with E-state index in [2.05, 4.69) is 23.2 Å². The summed E-state index contributed by atoms with van der Waals surface area (Å²) in [5.74, 6) is 1.69. The minimum atomic E-state index is 0.155. The molecular weight excluding hydrogens is 358 g/mol. The Labute approximate surface area is 170 Å². The highest BCUT2D eigenvalue weighted by Crippen LogP contribution is 2.24. The van der Waals surface area contributed by atoms with E-state index in [-0.39, 0.29) is 6.10 Å². The fraction of sp³-hybridized carbons (Fsp3) is 0.120. The van der Waals surface area contributed by atoms with Gasteiger partial charge in [-0.05, 0) is 73.5 Å². The quantitative estimate of drug-likeness (QED) is 0.429. The summed E-state index contributed by atoms with van der Waals surface area (Å²) in [4.78, 5) is 8.12. The van der Waals surface area contributed by atoms with Gasteiger partial charge in [0.25, 0.3) is 0 Å². The van der Waals surface area contributed by atoms with Crippen LogP contribution in [-0.2, 0) is 0 Å². The summed E-state index contributed by atoms with van der Waals surface area (Å²) < 4.78 is 5.70. The van der Waals surface area contributed by atoms with Gasteiger partial charge in [0, 0.05) is 5.56 Å². The Bertz CT molecular complexity index is 1190. The van der Waals surface area contributed by atoms with Gasteiger partial charge in [0.1, 0.15) is 11.6 Å². The van der Waals surface area contributed by atoms with Crippen LogP contribution in [0.25, 0.3) is 34.6 Å². The van der Waals surface area contributed by atoms with Crippen LogP contribution in [-0.4, -0.2) is 16.1 Å². The van der Waals surface area contributed by atoms with Gasteiger partial charge in [-0.1, -0.05) is 30.4 Å². The molecule has 29 heavy (non-hydrogen) atoms. The van der Waals surface area contributed by atoms with E-state index in [0.717, 1.165) is 39.3 Å². The van der Waals surface area contributed by atoms with Gasteiger partial charge >= 0.3 is 0 Å². The molecule has 4 aromatic rings. The predicted molar refractivity (Wildman–Crippen MR) is 117 cm³/mol. The normalized spacial score (nSPS) is 11.2. The van der Waals surface area contributed by atoms with Crippen molar-refractivity contribution in [2.45, 2.75) is 20.0 Å². The Hall–Kier alpha value is -3.84. The second-order valence-electron chi connectivity index (χ2n) is 7.12. The van der Waals surface area contributed by atoms with Crippen molar-refractivity contribution < 1.29 is 4.74 Å². The van der Waals surface area contributed by atoms with E-state index in [1.165, 1.54) is 0 Å². The van der Waals surface area contributed by atoms with E-state index in [9.17, 15) is 0 Å². The van der Waals surface area contributed by atoms with Crippen molar-refractivity contribution in [3.63, 3.8) is 0 Å². The average Bonchev–Trinajstić information content (AvgIpc) is 3.16. The molecule has 0 atom stereocenters. The van der Waals surface area contributed by atoms with Crippen molar-refractivity contribution >= 4 is 23.2 Å². The zero-order valence-electron chi connectivity index (χ0n) is 16.4. The lowest BCUT2D eigenvalue weighted by atomic mass is 10.1. The van der Waals surface area contributed by atoms with E-state index in [1.807, 2.05) is 80.6 Å². The molecule has 0 aliphatic heterocycles. The summed E-state index contributed by atoms with van der Waals surface area (Å²) in [7, 11) is 0. The Morgan fingerprint density at radius 1 is 0.931 bits per heavy atom. The molecule has 1 aromatic heterocycles. The first kappa shape index (κ1) is 18.5. The van der Waals surface area contributed by atoms with E-state index in [0.29, 0.717) is 5.56 Å². The highest BCUT2D eigenvalue weighted by atomic mass is 16.5. The molecule has 4 heteroatoms. The number of H-pyrrole nitrogens is 1. The Morgan fingerprint density at radius 3 is 2.31 bits per heavy atom. The van der Waals surface area contributed by atoms with Gasteiger partial charge in [0.15, 0.2) is 0 Å². The monoisotopic (exact) mass is 379 g/mol. The Balaban J connectivity index is 1.55. The van der Waals surface area contributed by atoms with Crippen molar-refractivity contribution in [2.75, 3.05) is 0 Å². The van der Waals surface area contributed by atoms with Gasteiger partial charge < -0.3 is 9.72 Å². The maximum atomic E-state index is 8.89. The first-order chi connectivity index (χ1) is 14.1. The topological polar surface area (TPSA) is 61.7 Å². The van der Waals surface area contributed by atoms with Crippen LogP contribution in [0.1, 0.15) is 30.5 Å². The van der Waals surface area contributed by atoms with Gasteiger partial charge in [-0.15, -0.1) is 0 Å². The van der Waals surface area contributed by atoms with Crippen molar-refractivity contribution in [1.29, 1.82) is 5.26 Å². The summed E-state index contributed by atoms with van der Waals surface area (Å²) >= 11 is 0. The third-order valence-electron chi connectivity index (χ3n) is 4.51. The van der Waals surface area contributed by atoms with E-state index >= 15 is 0 Å². The minimum Gasteiger partial charge on any atom is -0.491 e. The third kappa shape index (κ3) is 4.36. The number of rotatable bonds is 5. The molecule has 0 saturated carbocycles. The second kappa shape index (κ2) is 8.04. The largest absolute Gasteiger partial charge is 0.491 e. The molecule has 0 amide bonds. The first-order valence-electron chi connectivity index (χ1n) is 9.56. The molecule has 0 unspecified atom stereocenters. The number of hydrogen-bond donors (Lipinski definition) is 1. The Kier molecular flexibility index (Phi) is 5.13. The lowest BCUT2D eigenvalue weighted by Crippen LogP contribution is -2.05. The number of ether oxygens (including phenoxy) is 1. The molecule has 1 N–H and O–H groups in total. The lowest BCUT2D eigenvalue weighted by Gasteiger charge is -2.09. The van der Waals surface area contributed by atoms with Crippen LogP contribution in [0.5, 0.6) is 5.75 Å². The average molecular weight is 379 g/mol. The maximum absolute atomic E-state index is 8.89. The van der Waals surface area contributed by atoms with Crippen LogP contribution in [0.4, 0.5) is 0 Å². The molecular formula is C25H21N3O. The number of hydrogen-bond acceptors (Lipinski definition) is 3. The van der Waals surface area contributed by atoms with E-state index in [1.54, 1.807) is 0 Å². The number of aromatic amines is 1. The SMILES string of the molecule is CC(C)Oc1ccc(-c2nc3cc(/C=C\c4ccc(C#N)cc4)ccc3[nH]2)cc1. The fourth-order valence-corrected chi connectivity index (χ4v) is 3.09. The number of nitrogens with one attached hydrogen (secondary N) is 1. The third-order valence-corrected chi connectivity index (χ3v) is 4.51. The number of benzene rings is 3. The fourth-order valence-electron chi connectivity index (χ4n) is 3.09.